The van der Waals surface area contributed by atoms with Crippen molar-refractivity contribution < 1.29 is 14.7 Å². The van der Waals surface area contributed by atoms with E-state index in [0.29, 0.717) is 12.0 Å². The van der Waals surface area contributed by atoms with Crippen molar-refractivity contribution in [1.82, 2.24) is 9.78 Å². The van der Waals surface area contributed by atoms with Gasteiger partial charge in [-0.25, -0.2) is 9.48 Å². The molecule has 0 saturated heterocycles. The Labute approximate surface area is 143 Å². The van der Waals surface area contributed by atoms with Crippen LogP contribution in [0, 0.1) is 0 Å². The molecule has 1 heterocycles. The number of primary amides is 1. The summed E-state index contributed by atoms with van der Waals surface area (Å²) in [6, 6.07) is 14.3. The number of urea groups is 1. The number of carbonyl (C=O) groups excluding carboxylic acids is 2. The molecule has 0 aliphatic rings. The SMILES string of the molecule is NC(=O)Nc1cn(-c2cccc(-c3cccc(CO)c3)c2)nc1C=O. The second-order valence-corrected chi connectivity index (χ2v) is 5.39. The number of rotatable bonds is 5. The quantitative estimate of drug-likeness (QED) is 0.621. The molecule has 2 amide bonds. The molecule has 0 spiro atoms. The molecule has 0 unspecified atom stereocenters. The summed E-state index contributed by atoms with van der Waals surface area (Å²) < 4.78 is 1.49. The number of aliphatic hydroxyl groups is 1. The van der Waals surface area contributed by atoms with Gasteiger partial charge in [-0.2, -0.15) is 5.10 Å². The van der Waals surface area contributed by atoms with E-state index in [4.69, 9.17) is 5.73 Å². The molecule has 3 rings (SSSR count). The third-order valence-electron chi connectivity index (χ3n) is 3.67. The molecule has 0 fully saturated rings. The highest BCUT2D eigenvalue weighted by molar-refractivity contribution is 5.93. The molecular weight excluding hydrogens is 320 g/mol. The van der Waals surface area contributed by atoms with Gasteiger partial charge in [-0.3, -0.25) is 4.79 Å². The Morgan fingerprint density at radius 1 is 1.20 bits per heavy atom. The molecule has 0 saturated carbocycles. The molecule has 0 radical (unpaired) electrons. The van der Waals surface area contributed by atoms with Crippen LogP contribution in [0.25, 0.3) is 16.8 Å². The van der Waals surface area contributed by atoms with E-state index in [0.717, 1.165) is 16.7 Å². The van der Waals surface area contributed by atoms with E-state index in [1.54, 1.807) is 0 Å². The zero-order valence-corrected chi connectivity index (χ0v) is 13.2. The molecule has 0 bridgehead atoms. The lowest BCUT2D eigenvalue weighted by atomic mass is 10.0. The Balaban J connectivity index is 2.00. The number of aliphatic hydroxyl groups excluding tert-OH is 1. The number of anilines is 1. The second kappa shape index (κ2) is 6.98. The van der Waals surface area contributed by atoms with Crippen LogP contribution in [0.2, 0.25) is 0 Å². The number of nitrogens with zero attached hydrogens (tertiary/aromatic N) is 2. The molecule has 2 aromatic carbocycles. The molecule has 0 aliphatic carbocycles. The van der Waals surface area contributed by atoms with E-state index in [-0.39, 0.29) is 18.0 Å². The Kier molecular flexibility index (Phi) is 4.58. The van der Waals surface area contributed by atoms with Gasteiger partial charge in [0, 0.05) is 0 Å². The predicted octanol–water partition coefficient (Wildman–Crippen LogP) is 2.33. The fourth-order valence-corrected chi connectivity index (χ4v) is 2.51. The first-order chi connectivity index (χ1) is 12.1. The molecular formula is C18H16N4O3. The fraction of sp³-hybridized carbons (Fsp3) is 0.0556. The summed E-state index contributed by atoms with van der Waals surface area (Å²) in [6.45, 7) is -0.0302. The lowest BCUT2D eigenvalue weighted by molar-refractivity contribution is 0.111. The molecule has 3 aromatic rings. The minimum Gasteiger partial charge on any atom is -0.392 e. The average molecular weight is 336 g/mol. The lowest BCUT2D eigenvalue weighted by Gasteiger charge is -2.07. The largest absolute Gasteiger partial charge is 0.392 e. The van der Waals surface area contributed by atoms with Crippen LogP contribution in [-0.4, -0.2) is 27.2 Å². The first kappa shape index (κ1) is 16.4. The number of hydrogen-bond donors (Lipinski definition) is 3. The first-order valence-corrected chi connectivity index (χ1v) is 7.52. The summed E-state index contributed by atoms with van der Waals surface area (Å²) in [4.78, 5) is 22.1. The van der Waals surface area contributed by atoms with Gasteiger partial charge in [-0.1, -0.05) is 30.3 Å². The third kappa shape index (κ3) is 3.56. The maximum absolute atomic E-state index is 11.1. The number of aldehydes is 1. The van der Waals surface area contributed by atoms with Crippen molar-refractivity contribution in [3.05, 3.63) is 66.0 Å². The summed E-state index contributed by atoms with van der Waals surface area (Å²) in [5, 5.41) is 15.8. The summed E-state index contributed by atoms with van der Waals surface area (Å²) in [6.07, 6.45) is 2.08. The zero-order valence-electron chi connectivity index (χ0n) is 13.2. The number of benzene rings is 2. The zero-order chi connectivity index (χ0) is 17.8. The van der Waals surface area contributed by atoms with Crippen molar-refractivity contribution in [2.24, 2.45) is 5.73 Å². The first-order valence-electron chi connectivity index (χ1n) is 7.52. The van der Waals surface area contributed by atoms with Gasteiger partial charge in [0.1, 0.15) is 5.69 Å². The fourth-order valence-electron chi connectivity index (χ4n) is 2.51. The maximum atomic E-state index is 11.1. The number of amides is 2. The van der Waals surface area contributed by atoms with Crippen LogP contribution in [0.1, 0.15) is 16.1 Å². The molecule has 7 nitrogen and oxygen atoms in total. The molecule has 4 N–H and O–H groups in total. The summed E-state index contributed by atoms with van der Waals surface area (Å²) in [5.41, 5.74) is 8.85. The normalized spacial score (nSPS) is 10.4. The van der Waals surface area contributed by atoms with Crippen LogP contribution < -0.4 is 11.1 Å². The Hall–Kier alpha value is -3.45. The molecule has 0 atom stereocenters. The van der Waals surface area contributed by atoms with E-state index in [2.05, 4.69) is 10.4 Å². The molecule has 25 heavy (non-hydrogen) atoms. The Bertz CT molecular complexity index is 934. The number of nitrogens with two attached hydrogens (primary N) is 1. The van der Waals surface area contributed by atoms with Gasteiger partial charge in [0.05, 0.1) is 24.2 Å². The smallest absolute Gasteiger partial charge is 0.316 e. The van der Waals surface area contributed by atoms with Gasteiger partial charge in [-0.15, -0.1) is 0 Å². The van der Waals surface area contributed by atoms with Gasteiger partial charge in [0.2, 0.25) is 0 Å². The van der Waals surface area contributed by atoms with Gasteiger partial charge < -0.3 is 16.2 Å². The van der Waals surface area contributed by atoms with Crippen molar-refractivity contribution in [2.45, 2.75) is 6.61 Å². The van der Waals surface area contributed by atoms with Gasteiger partial charge in [-0.05, 0) is 34.9 Å². The van der Waals surface area contributed by atoms with E-state index >= 15 is 0 Å². The van der Waals surface area contributed by atoms with Crippen LogP contribution >= 0.6 is 0 Å². The lowest BCUT2D eigenvalue weighted by Crippen LogP contribution is -2.19. The van der Waals surface area contributed by atoms with E-state index in [9.17, 15) is 14.7 Å². The predicted molar refractivity (Wildman–Crippen MR) is 93.5 cm³/mol. The average Bonchev–Trinajstić information content (AvgIpc) is 3.04. The molecule has 1 aromatic heterocycles. The molecule has 7 heteroatoms. The van der Waals surface area contributed by atoms with Crippen molar-refractivity contribution in [1.29, 1.82) is 0 Å². The van der Waals surface area contributed by atoms with Crippen molar-refractivity contribution in [2.75, 3.05) is 5.32 Å². The van der Waals surface area contributed by atoms with Crippen LogP contribution in [0.5, 0.6) is 0 Å². The molecule has 126 valence electrons. The second-order valence-electron chi connectivity index (χ2n) is 5.39. The van der Waals surface area contributed by atoms with Gasteiger partial charge in [0.15, 0.2) is 6.29 Å². The summed E-state index contributed by atoms with van der Waals surface area (Å²) in [5.74, 6) is 0. The number of aromatic nitrogens is 2. The van der Waals surface area contributed by atoms with Gasteiger partial charge in [0.25, 0.3) is 0 Å². The van der Waals surface area contributed by atoms with Crippen LogP contribution in [0.3, 0.4) is 0 Å². The minimum absolute atomic E-state index is 0.0302. The van der Waals surface area contributed by atoms with Crippen molar-refractivity contribution in [3.63, 3.8) is 0 Å². The molecule has 0 aliphatic heterocycles. The number of nitrogens with one attached hydrogen (secondary N) is 1. The third-order valence-corrected chi connectivity index (χ3v) is 3.67. The van der Waals surface area contributed by atoms with E-state index in [1.165, 1.54) is 10.9 Å². The maximum Gasteiger partial charge on any atom is 0.316 e. The highest BCUT2D eigenvalue weighted by atomic mass is 16.3. The highest BCUT2D eigenvalue weighted by Gasteiger charge is 2.11. The number of carbonyl (C=O) groups is 2. The Morgan fingerprint density at radius 3 is 2.60 bits per heavy atom. The summed E-state index contributed by atoms with van der Waals surface area (Å²) in [7, 11) is 0. The topological polar surface area (TPSA) is 110 Å². The standard InChI is InChI=1S/C18H16N4O3/c19-18(25)20-16-9-22(21-17(16)11-24)15-6-2-5-14(8-15)13-4-1-3-12(7-13)10-23/h1-9,11,23H,10H2,(H3,19,20,25). The summed E-state index contributed by atoms with van der Waals surface area (Å²) >= 11 is 0. The number of hydrogen-bond acceptors (Lipinski definition) is 4. The van der Waals surface area contributed by atoms with Crippen LogP contribution in [-0.2, 0) is 6.61 Å². The van der Waals surface area contributed by atoms with Crippen molar-refractivity contribution in [3.8, 4) is 16.8 Å². The van der Waals surface area contributed by atoms with E-state index < -0.39 is 6.03 Å². The highest BCUT2D eigenvalue weighted by Crippen LogP contribution is 2.24. The van der Waals surface area contributed by atoms with Crippen LogP contribution in [0.4, 0.5) is 10.5 Å². The Morgan fingerprint density at radius 2 is 1.92 bits per heavy atom. The monoisotopic (exact) mass is 336 g/mol. The minimum atomic E-state index is -0.766. The van der Waals surface area contributed by atoms with Gasteiger partial charge >= 0.3 is 6.03 Å². The van der Waals surface area contributed by atoms with Crippen molar-refractivity contribution >= 4 is 18.0 Å². The van der Waals surface area contributed by atoms with Crippen LogP contribution in [0.15, 0.2) is 54.7 Å². The van der Waals surface area contributed by atoms with E-state index in [1.807, 2.05) is 48.5 Å².